The lowest BCUT2D eigenvalue weighted by molar-refractivity contribution is -0.137. The maximum Gasteiger partial charge on any atom is 0.416 e. The molecule has 0 bridgehead atoms. The average Bonchev–Trinajstić information content (AvgIpc) is 2.68. The Bertz CT molecular complexity index is 918. The normalized spacial score (nSPS) is 13.3. The van der Waals surface area contributed by atoms with Crippen molar-refractivity contribution in [1.82, 2.24) is 4.98 Å². The van der Waals surface area contributed by atoms with Crippen LogP contribution in [0.1, 0.15) is 16.8 Å². The first kappa shape index (κ1) is 24.5. The number of benzene rings is 1. The number of hydrogen-bond donors (Lipinski definition) is 2. The Kier molecular flexibility index (Phi) is 7.92. The van der Waals surface area contributed by atoms with Crippen molar-refractivity contribution in [3.05, 3.63) is 59.4 Å². The van der Waals surface area contributed by atoms with E-state index in [1.165, 1.54) is 24.4 Å². The third-order valence-corrected chi connectivity index (χ3v) is 4.94. The molecule has 0 fully saturated rings. The molecule has 0 spiro atoms. The van der Waals surface area contributed by atoms with Gasteiger partial charge in [-0.1, -0.05) is 6.07 Å². The molecule has 31 heavy (non-hydrogen) atoms. The molecule has 0 amide bonds. The SMILES string of the molecule is C=N/N=C(\OCC(F)F)c1ccc(CN(c2cccc(C(F)(F)F)c2)S(C)(O)O)nc1. The fourth-order valence-electron chi connectivity index (χ4n) is 2.42. The van der Waals surface area contributed by atoms with Crippen LogP contribution in [0, 0.1) is 0 Å². The second-order valence-corrected chi connectivity index (χ2v) is 8.19. The zero-order chi connectivity index (χ0) is 23.2. The van der Waals surface area contributed by atoms with E-state index < -0.39 is 35.5 Å². The largest absolute Gasteiger partial charge is 0.470 e. The number of rotatable bonds is 8. The summed E-state index contributed by atoms with van der Waals surface area (Å²) in [7, 11) is -3.46. The van der Waals surface area contributed by atoms with Crippen LogP contribution < -0.4 is 4.31 Å². The van der Waals surface area contributed by atoms with Gasteiger partial charge < -0.3 is 4.74 Å². The van der Waals surface area contributed by atoms with E-state index >= 15 is 0 Å². The van der Waals surface area contributed by atoms with Crippen molar-refractivity contribution >= 4 is 29.1 Å². The van der Waals surface area contributed by atoms with Crippen molar-refractivity contribution in [1.29, 1.82) is 0 Å². The van der Waals surface area contributed by atoms with E-state index in [0.717, 1.165) is 28.8 Å². The number of halogens is 5. The van der Waals surface area contributed by atoms with Crippen LogP contribution in [0.5, 0.6) is 0 Å². The molecule has 1 aromatic heterocycles. The van der Waals surface area contributed by atoms with Crippen molar-refractivity contribution in [2.24, 2.45) is 10.2 Å². The average molecular weight is 466 g/mol. The number of alkyl halides is 5. The molecule has 0 aliphatic carbocycles. The summed E-state index contributed by atoms with van der Waals surface area (Å²) in [5, 5.41) is 6.76. The van der Waals surface area contributed by atoms with E-state index in [0.29, 0.717) is 0 Å². The minimum absolute atomic E-state index is 0.0680. The molecular weight excluding hydrogens is 447 g/mol. The second kappa shape index (κ2) is 10.0. The molecule has 13 heteroatoms. The maximum absolute atomic E-state index is 13.0. The molecule has 0 unspecified atom stereocenters. The molecule has 170 valence electrons. The third-order valence-electron chi connectivity index (χ3n) is 3.76. The molecule has 0 aliphatic rings. The predicted octanol–water partition coefficient (Wildman–Crippen LogP) is 5.05. The highest BCUT2D eigenvalue weighted by Gasteiger charge is 2.31. The highest BCUT2D eigenvalue weighted by molar-refractivity contribution is 8.24. The van der Waals surface area contributed by atoms with Gasteiger partial charge in [0.2, 0.25) is 5.90 Å². The molecule has 1 aromatic carbocycles. The lowest BCUT2D eigenvalue weighted by Crippen LogP contribution is -2.27. The standard InChI is InChI=1S/C18H19F5N4O3S/c1-24-26-17(30-11-16(19)20)12-6-7-14(25-9-12)10-27(31(2,28)29)15-5-3-4-13(8-15)18(21,22)23/h3-9,16,28-29H,1,10-11H2,2H3/b26-17-. The first-order valence-corrected chi connectivity index (χ1v) is 10.4. The van der Waals surface area contributed by atoms with Gasteiger partial charge >= 0.3 is 6.18 Å². The maximum atomic E-state index is 13.0. The van der Waals surface area contributed by atoms with Crippen LogP contribution in [0.25, 0.3) is 0 Å². The predicted molar refractivity (Wildman–Crippen MR) is 109 cm³/mol. The summed E-state index contributed by atoms with van der Waals surface area (Å²) in [4.78, 5) is 4.08. The van der Waals surface area contributed by atoms with Gasteiger partial charge in [-0.05, 0) is 30.3 Å². The quantitative estimate of drug-likeness (QED) is 0.246. The molecule has 7 nitrogen and oxygen atoms in total. The van der Waals surface area contributed by atoms with Gasteiger partial charge in [-0.25, -0.2) is 8.78 Å². The van der Waals surface area contributed by atoms with Gasteiger partial charge in [0.1, 0.15) is 0 Å². The fourth-order valence-corrected chi connectivity index (χ4v) is 3.31. The summed E-state index contributed by atoms with van der Waals surface area (Å²) < 4.78 is 89.9. The number of hydrogen-bond acceptors (Lipinski definition) is 7. The molecule has 0 radical (unpaired) electrons. The van der Waals surface area contributed by atoms with E-state index in [2.05, 4.69) is 21.9 Å². The summed E-state index contributed by atoms with van der Waals surface area (Å²) in [6.07, 6.45) is -5.06. The minimum atomic E-state index is -4.61. The Balaban J connectivity index is 2.29. The Morgan fingerprint density at radius 3 is 2.48 bits per heavy atom. The van der Waals surface area contributed by atoms with Crippen LogP contribution in [0.15, 0.2) is 52.8 Å². The molecule has 0 saturated heterocycles. The minimum Gasteiger partial charge on any atom is -0.470 e. The van der Waals surface area contributed by atoms with E-state index in [4.69, 9.17) is 4.74 Å². The number of nitrogens with zero attached hydrogens (tertiary/aromatic N) is 4. The van der Waals surface area contributed by atoms with Gasteiger partial charge in [0, 0.05) is 19.2 Å². The van der Waals surface area contributed by atoms with Crippen LogP contribution in [-0.4, -0.2) is 46.0 Å². The van der Waals surface area contributed by atoms with Gasteiger partial charge in [-0.2, -0.15) is 18.3 Å². The van der Waals surface area contributed by atoms with Gasteiger partial charge in [-0.15, -0.1) is 15.9 Å². The highest BCUT2D eigenvalue weighted by Crippen LogP contribution is 2.44. The van der Waals surface area contributed by atoms with E-state index in [1.54, 1.807) is 0 Å². The molecule has 2 N–H and O–H groups in total. The van der Waals surface area contributed by atoms with Gasteiger partial charge in [0.15, 0.2) is 6.61 Å². The van der Waals surface area contributed by atoms with Crippen LogP contribution in [-0.2, 0) is 17.5 Å². The van der Waals surface area contributed by atoms with Crippen molar-refractivity contribution in [3.8, 4) is 0 Å². The topological polar surface area (TPSA) is 90.5 Å². The summed E-state index contributed by atoms with van der Waals surface area (Å²) in [5.41, 5.74) is -0.564. The molecule has 2 rings (SSSR count). The van der Waals surface area contributed by atoms with Crippen molar-refractivity contribution < 1.29 is 35.8 Å². The first-order chi connectivity index (χ1) is 14.4. The van der Waals surface area contributed by atoms with E-state index in [9.17, 15) is 31.1 Å². The van der Waals surface area contributed by atoms with Crippen LogP contribution in [0.3, 0.4) is 0 Å². The monoisotopic (exact) mass is 466 g/mol. The molecular formula is C18H19F5N4O3S. The molecule has 2 aromatic rings. The number of ether oxygens (including phenoxy) is 1. The summed E-state index contributed by atoms with van der Waals surface area (Å²) >= 11 is 0. The fraction of sp³-hybridized carbons (Fsp3) is 0.278. The van der Waals surface area contributed by atoms with Crippen molar-refractivity contribution in [3.63, 3.8) is 0 Å². The third kappa shape index (κ3) is 7.15. The van der Waals surface area contributed by atoms with Gasteiger partial charge in [0.05, 0.1) is 29.1 Å². The van der Waals surface area contributed by atoms with Crippen LogP contribution in [0.4, 0.5) is 27.6 Å². The van der Waals surface area contributed by atoms with Crippen LogP contribution in [0.2, 0.25) is 0 Å². The Morgan fingerprint density at radius 2 is 1.97 bits per heavy atom. The Hall–Kier alpha value is -2.77. The van der Waals surface area contributed by atoms with Crippen molar-refractivity contribution in [2.75, 3.05) is 17.2 Å². The number of pyridine rings is 1. The molecule has 0 aliphatic heterocycles. The lowest BCUT2D eigenvalue weighted by atomic mass is 10.2. The van der Waals surface area contributed by atoms with Crippen molar-refractivity contribution in [2.45, 2.75) is 19.1 Å². The zero-order valence-electron chi connectivity index (χ0n) is 16.1. The molecule has 1 heterocycles. The number of aromatic nitrogens is 1. The summed E-state index contributed by atoms with van der Waals surface area (Å²) in [6, 6.07) is 6.93. The zero-order valence-corrected chi connectivity index (χ0v) is 16.9. The molecule has 0 saturated carbocycles. The van der Waals surface area contributed by atoms with Gasteiger partial charge in [0.25, 0.3) is 6.43 Å². The highest BCUT2D eigenvalue weighted by atomic mass is 32.3. The Morgan fingerprint density at radius 1 is 1.26 bits per heavy atom. The van der Waals surface area contributed by atoms with Gasteiger partial charge in [-0.3, -0.25) is 18.4 Å². The second-order valence-electron chi connectivity index (χ2n) is 6.16. The van der Waals surface area contributed by atoms with E-state index in [-0.39, 0.29) is 29.4 Å². The smallest absolute Gasteiger partial charge is 0.416 e. The van der Waals surface area contributed by atoms with Crippen LogP contribution >= 0.6 is 10.8 Å². The van der Waals surface area contributed by atoms with E-state index in [1.807, 2.05) is 0 Å². The molecule has 0 atom stereocenters. The lowest BCUT2D eigenvalue weighted by Gasteiger charge is -2.41. The first-order valence-electron chi connectivity index (χ1n) is 8.50. The Labute approximate surface area is 176 Å². The summed E-state index contributed by atoms with van der Waals surface area (Å²) in [5.74, 6) is -0.246. The summed E-state index contributed by atoms with van der Waals surface area (Å²) in [6.45, 7) is 1.96. The number of anilines is 1.